The second kappa shape index (κ2) is 4.52. The van der Waals surface area contributed by atoms with E-state index in [1.165, 1.54) is 0 Å². The first kappa shape index (κ1) is 11.6. The summed E-state index contributed by atoms with van der Waals surface area (Å²) >= 11 is 0. The summed E-state index contributed by atoms with van der Waals surface area (Å²) in [6.07, 6.45) is 1.37. The smallest absolute Gasteiger partial charge is 0.246 e. The first-order valence-electron chi connectivity index (χ1n) is 5.51. The van der Waals surface area contributed by atoms with E-state index in [4.69, 9.17) is 0 Å². The van der Waals surface area contributed by atoms with E-state index in [1.54, 1.807) is 23.4 Å². The molecular weight excluding hydrogens is 222 g/mol. The average molecular weight is 237 g/mol. The van der Waals surface area contributed by atoms with Crippen molar-refractivity contribution >= 4 is 17.8 Å². The molecule has 1 N–H and O–H groups in total. The highest BCUT2D eigenvalue weighted by atomic mass is 16.2. The topological polar surface area (TPSA) is 80.1 Å². The lowest BCUT2D eigenvalue weighted by Crippen LogP contribution is -2.34. The fourth-order valence-electron chi connectivity index (χ4n) is 1.72. The van der Waals surface area contributed by atoms with E-state index in [1.807, 2.05) is 0 Å². The van der Waals surface area contributed by atoms with E-state index < -0.39 is 0 Å². The molecule has 92 valence electrons. The van der Waals surface area contributed by atoms with E-state index in [0.29, 0.717) is 18.9 Å². The van der Waals surface area contributed by atoms with Crippen LogP contribution in [0.2, 0.25) is 0 Å². The molecule has 0 aliphatic carbocycles. The molecule has 1 aliphatic rings. The van der Waals surface area contributed by atoms with Gasteiger partial charge in [0.25, 0.3) is 0 Å². The predicted octanol–water partition coefficient (Wildman–Crippen LogP) is -0.316. The highest BCUT2D eigenvalue weighted by Gasteiger charge is 2.22. The third-order valence-electron chi connectivity index (χ3n) is 2.85. The molecule has 1 saturated heterocycles. The average Bonchev–Trinajstić information content (AvgIpc) is 2.80. The molecule has 0 bridgehead atoms. The number of carbonyl (C=O) groups is 2. The molecule has 0 atom stereocenters. The standard InChI is InChI=1S/C10H15N5O2/c1-7-12-13-10(14(7)2)11-8(16)6-15-5-3-4-9(15)17/h3-6H2,1-2H3,(H,11,13,16). The third-order valence-corrected chi connectivity index (χ3v) is 2.85. The van der Waals surface area contributed by atoms with Gasteiger partial charge in [0.2, 0.25) is 17.8 Å². The first-order chi connectivity index (χ1) is 8.08. The number of aryl methyl sites for hydroxylation is 1. The lowest BCUT2D eigenvalue weighted by Gasteiger charge is -2.14. The molecule has 7 heteroatoms. The molecule has 0 radical (unpaired) electrons. The maximum atomic E-state index is 11.7. The fraction of sp³-hybridized carbons (Fsp3) is 0.600. The molecule has 2 heterocycles. The number of rotatable bonds is 3. The van der Waals surface area contributed by atoms with Crippen LogP contribution in [0, 0.1) is 6.92 Å². The molecule has 0 unspecified atom stereocenters. The summed E-state index contributed by atoms with van der Waals surface area (Å²) < 4.78 is 1.68. The van der Waals surface area contributed by atoms with Crippen LogP contribution in [-0.2, 0) is 16.6 Å². The highest BCUT2D eigenvalue weighted by Crippen LogP contribution is 2.09. The molecule has 1 fully saturated rings. The minimum atomic E-state index is -0.240. The molecule has 2 amide bonds. The van der Waals surface area contributed by atoms with Crippen molar-refractivity contribution in [3.63, 3.8) is 0 Å². The number of amides is 2. The number of hydrogen-bond acceptors (Lipinski definition) is 4. The Hall–Kier alpha value is -1.92. The van der Waals surface area contributed by atoms with Crippen LogP contribution in [0.5, 0.6) is 0 Å². The van der Waals surface area contributed by atoms with Gasteiger partial charge in [-0.25, -0.2) is 0 Å². The number of carbonyl (C=O) groups excluding carboxylic acids is 2. The Bertz CT molecular complexity index is 454. The normalized spacial score (nSPS) is 15.4. The Kier molecular flexibility index (Phi) is 3.08. The van der Waals surface area contributed by atoms with Crippen molar-refractivity contribution in [3.8, 4) is 0 Å². The van der Waals surface area contributed by atoms with Gasteiger partial charge in [-0.15, -0.1) is 10.2 Å². The molecule has 17 heavy (non-hydrogen) atoms. The number of nitrogens with zero attached hydrogens (tertiary/aromatic N) is 4. The van der Waals surface area contributed by atoms with Crippen molar-refractivity contribution in [2.75, 3.05) is 18.4 Å². The Morgan fingerprint density at radius 3 is 2.76 bits per heavy atom. The van der Waals surface area contributed by atoms with Crippen LogP contribution in [0.25, 0.3) is 0 Å². The van der Waals surface area contributed by atoms with E-state index in [9.17, 15) is 9.59 Å². The van der Waals surface area contributed by atoms with Crippen molar-refractivity contribution in [1.29, 1.82) is 0 Å². The summed E-state index contributed by atoms with van der Waals surface area (Å²) in [7, 11) is 1.77. The molecule has 1 aromatic heterocycles. The number of likely N-dealkylation sites (tertiary alicyclic amines) is 1. The van der Waals surface area contributed by atoms with Gasteiger partial charge in [-0.2, -0.15) is 0 Å². The first-order valence-corrected chi connectivity index (χ1v) is 5.51. The fourth-order valence-corrected chi connectivity index (χ4v) is 1.72. The van der Waals surface area contributed by atoms with Crippen molar-refractivity contribution < 1.29 is 9.59 Å². The number of aromatic nitrogens is 3. The second-order valence-corrected chi connectivity index (χ2v) is 4.10. The van der Waals surface area contributed by atoms with Crippen LogP contribution in [0.1, 0.15) is 18.7 Å². The largest absolute Gasteiger partial charge is 0.333 e. The van der Waals surface area contributed by atoms with Crippen LogP contribution in [-0.4, -0.2) is 44.6 Å². The van der Waals surface area contributed by atoms with E-state index in [0.717, 1.165) is 12.2 Å². The lowest BCUT2D eigenvalue weighted by atomic mass is 10.4. The van der Waals surface area contributed by atoms with Crippen LogP contribution in [0.15, 0.2) is 0 Å². The zero-order chi connectivity index (χ0) is 12.4. The quantitative estimate of drug-likeness (QED) is 0.781. The molecule has 1 aromatic rings. The van der Waals surface area contributed by atoms with Crippen molar-refractivity contribution in [2.45, 2.75) is 19.8 Å². The number of nitrogens with one attached hydrogen (secondary N) is 1. The lowest BCUT2D eigenvalue weighted by molar-refractivity contribution is -0.131. The van der Waals surface area contributed by atoms with Gasteiger partial charge in [0.15, 0.2) is 0 Å². The molecule has 7 nitrogen and oxygen atoms in total. The molecule has 0 spiro atoms. The van der Waals surface area contributed by atoms with Crippen LogP contribution < -0.4 is 5.32 Å². The minimum Gasteiger partial charge on any atom is -0.333 e. The van der Waals surface area contributed by atoms with Gasteiger partial charge >= 0.3 is 0 Å². The summed E-state index contributed by atoms with van der Waals surface area (Å²) in [5.74, 6) is 0.918. The Balaban J connectivity index is 1.93. The summed E-state index contributed by atoms with van der Waals surface area (Å²) in [6, 6.07) is 0. The Morgan fingerprint density at radius 1 is 1.47 bits per heavy atom. The van der Waals surface area contributed by atoms with Gasteiger partial charge in [-0.1, -0.05) is 0 Å². The summed E-state index contributed by atoms with van der Waals surface area (Å²) in [6.45, 7) is 2.54. The Labute approximate surface area is 98.8 Å². The van der Waals surface area contributed by atoms with E-state index in [-0.39, 0.29) is 18.4 Å². The van der Waals surface area contributed by atoms with Crippen LogP contribution in [0.3, 0.4) is 0 Å². The van der Waals surface area contributed by atoms with Crippen LogP contribution in [0.4, 0.5) is 5.95 Å². The summed E-state index contributed by atoms with van der Waals surface area (Å²) in [4.78, 5) is 24.6. The molecule has 0 saturated carbocycles. The molecule has 1 aliphatic heterocycles. The monoisotopic (exact) mass is 237 g/mol. The second-order valence-electron chi connectivity index (χ2n) is 4.10. The van der Waals surface area contributed by atoms with Gasteiger partial charge in [-0.05, 0) is 13.3 Å². The SMILES string of the molecule is Cc1nnc(NC(=O)CN2CCCC2=O)n1C. The predicted molar refractivity (Wildman–Crippen MR) is 60.2 cm³/mol. The van der Waals surface area contributed by atoms with E-state index in [2.05, 4.69) is 15.5 Å². The number of hydrogen-bond donors (Lipinski definition) is 1. The summed E-state index contributed by atoms with van der Waals surface area (Å²) in [5.41, 5.74) is 0. The zero-order valence-corrected chi connectivity index (χ0v) is 9.93. The van der Waals surface area contributed by atoms with Crippen molar-refractivity contribution in [1.82, 2.24) is 19.7 Å². The zero-order valence-electron chi connectivity index (χ0n) is 9.93. The molecule has 2 rings (SSSR count). The minimum absolute atomic E-state index is 0.0364. The third kappa shape index (κ3) is 2.43. The van der Waals surface area contributed by atoms with E-state index >= 15 is 0 Å². The molecular formula is C10H15N5O2. The molecule has 0 aromatic carbocycles. The van der Waals surface area contributed by atoms with Crippen molar-refractivity contribution in [2.24, 2.45) is 7.05 Å². The maximum absolute atomic E-state index is 11.7. The van der Waals surface area contributed by atoms with Gasteiger partial charge < -0.3 is 9.47 Å². The van der Waals surface area contributed by atoms with Gasteiger partial charge in [0.1, 0.15) is 5.82 Å². The van der Waals surface area contributed by atoms with Crippen molar-refractivity contribution in [3.05, 3.63) is 5.82 Å². The summed E-state index contributed by atoms with van der Waals surface area (Å²) in [5, 5.41) is 10.3. The van der Waals surface area contributed by atoms with Gasteiger partial charge in [0.05, 0.1) is 6.54 Å². The highest BCUT2D eigenvalue weighted by molar-refractivity contribution is 5.93. The van der Waals surface area contributed by atoms with Gasteiger partial charge in [0, 0.05) is 20.0 Å². The van der Waals surface area contributed by atoms with Gasteiger partial charge in [-0.3, -0.25) is 14.9 Å². The maximum Gasteiger partial charge on any atom is 0.246 e. The van der Waals surface area contributed by atoms with Crippen LogP contribution >= 0.6 is 0 Å². The number of anilines is 1. The Morgan fingerprint density at radius 2 is 2.24 bits per heavy atom.